The Balaban J connectivity index is 1.76. The van der Waals surface area contributed by atoms with E-state index in [1.54, 1.807) is 19.2 Å². The van der Waals surface area contributed by atoms with Crippen LogP contribution in [0.15, 0.2) is 60.7 Å². The molecule has 1 N–H and O–H groups in total. The van der Waals surface area contributed by atoms with Gasteiger partial charge < -0.3 is 14.8 Å². The first-order chi connectivity index (χ1) is 12.8. The highest BCUT2D eigenvalue weighted by molar-refractivity contribution is 5.87. The van der Waals surface area contributed by atoms with Crippen molar-refractivity contribution >= 4 is 10.8 Å². The lowest BCUT2D eigenvalue weighted by Crippen LogP contribution is -2.17. The summed E-state index contributed by atoms with van der Waals surface area (Å²) >= 11 is 0. The number of nitrogens with one attached hydrogen (secondary N) is 1. The molecule has 3 aromatic carbocycles. The molecular formula is C22H24FNO2. The molecule has 0 unspecified atom stereocenters. The molecule has 0 aliphatic carbocycles. The average Bonchev–Trinajstić information content (AvgIpc) is 2.68. The van der Waals surface area contributed by atoms with Gasteiger partial charge in [-0.15, -0.1) is 0 Å². The van der Waals surface area contributed by atoms with E-state index in [0.717, 1.165) is 43.0 Å². The number of fused-ring (bicyclic) bond motifs is 1. The summed E-state index contributed by atoms with van der Waals surface area (Å²) in [4.78, 5) is 0. The van der Waals surface area contributed by atoms with Crippen LogP contribution in [-0.2, 0) is 17.9 Å². The smallest absolute Gasteiger partial charge is 0.124 e. The van der Waals surface area contributed by atoms with Gasteiger partial charge in [0.15, 0.2) is 0 Å². The first-order valence-corrected chi connectivity index (χ1v) is 8.85. The van der Waals surface area contributed by atoms with Crippen LogP contribution in [0.5, 0.6) is 5.75 Å². The van der Waals surface area contributed by atoms with Crippen LogP contribution < -0.4 is 10.1 Å². The predicted octanol–water partition coefficient (Wildman–Crippen LogP) is 4.68. The minimum atomic E-state index is -0.236. The molecule has 0 aliphatic rings. The third-order valence-corrected chi connectivity index (χ3v) is 4.31. The molecule has 0 aromatic heterocycles. The maximum absolute atomic E-state index is 13.1. The summed E-state index contributed by atoms with van der Waals surface area (Å²) in [5.41, 5.74) is 2.08. The minimum Gasteiger partial charge on any atom is -0.489 e. The second kappa shape index (κ2) is 9.32. The van der Waals surface area contributed by atoms with E-state index < -0.39 is 0 Å². The van der Waals surface area contributed by atoms with Crippen molar-refractivity contribution in [3.8, 4) is 5.75 Å². The van der Waals surface area contributed by atoms with Gasteiger partial charge in [-0.3, -0.25) is 0 Å². The molecule has 26 heavy (non-hydrogen) atoms. The first kappa shape index (κ1) is 18.4. The molecule has 0 heterocycles. The van der Waals surface area contributed by atoms with Gasteiger partial charge in [0.05, 0.1) is 0 Å². The maximum Gasteiger partial charge on any atom is 0.124 e. The molecule has 0 radical (unpaired) electrons. The summed E-state index contributed by atoms with van der Waals surface area (Å²) in [6, 6.07) is 18.8. The standard InChI is InChI=1S/C22H24FNO2/c1-25-14-4-13-24-15-21-20-6-3-2-5-18(20)9-12-22(21)26-16-17-7-10-19(23)11-8-17/h2-3,5-12,24H,4,13-16H2,1H3. The van der Waals surface area contributed by atoms with Crippen LogP contribution >= 0.6 is 0 Å². The molecule has 4 heteroatoms. The van der Waals surface area contributed by atoms with Crippen molar-refractivity contribution in [1.82, 2.24) is 5.32 Å². The Bertz CT molecular complexity index is 833. The molecule has 0 bridgehead atoms. The van der Waals surface area contributed by atoms with Crippen LogP contribution in [0, 0.1) is 5.82 Å². The van der Waals surface area contributed by atoms with Crippen LogP contribution in [-0.4, -0.2) is 20.3 Å². The molecule has 0 amide bonds. The topological polar surface area (TPSA) is 30.5 Å². The fourth-order valence-corrected chi connectivity index (χ4v) is 2.93. The molecule has 0 fully saturated rings. The zero-order valence-electron chi connectivity index (χ0n) is 15.0. The number of ether oxygens (including phenoxy) is 2. The van der Waals surface area contributed by atoms with Crippen molar-refractivity contribution in [2.75, 3.05) is 20.3 Å². The van der Waals surface area contributed by atoms with Crippen LogP contribution in [0.25, 0.3) is 10.8 Å². The molecule has 3 aromatic rings. The predicted molar refractivity (Wildman–Crippen MR) is 103 cm³/mol. The lowest BCUT2D eigenvalue weighted by molar-refractivity contribution is 0.194. The van der Waals surface area contributed by atoms with Crippen LogP contribution in [0.4, 0.5) is 4.39 Å². The van der Waals surface area contributed by atoms with Crippen molar-refractivity contribution in [3.63, 3.8) is 0 Å². The fourth-order valence-electron chi connectivity index (χ4n) is 2.93. The lowest BCUT2D eigenvalue weighted by atomic mass is 10.0. The number of hydrogen-bond acceptors (Lipinski definition) is 3. The highest BCUT2D eigenvalue weighted by Gasteiger charge is 2.09. The molecule has 136 valence electrons. The minimum absolute atomic E-state index is 0.236. The molecule has 0 atom stereocenters. The van der Waals surface area contributed by atoms with Crippen molar-refractivity contribution in [2.45, 2.75) is 19.6 Å². The van der Waals surface area contributed by atoms with Gasteiger partial charge in [-0.05, 0) is 47.5 Å². The highest BCUT2D eigenvalue weighted by Crippen LogP contribution is 2.28. The van der Waals surface area contributed by atoms with Gasteiger partial charge in [-0.25, -0.2) is 4.39 Å². The van der Waals surface area contributed by atoms with Gasteiger partial charge >= 0.3 is 0 Å². The number of halogens is 1. The van der Waals surface area contributed by atoms with Crippen molar-refractivity contribution < 1.29 is 13.9 Å². The summed E-state index contributed by atoms with van der Waals surface area (Å²) in [7, 11) is 1.71. The van der Waals surface area contributed by atoms with E-state index in [2.05, 4.69) is 23.5 Å². The molecule has 0 aliphatic heterocycles. The Morgan fingerprint density at radius 2 is 1.77 bits per heavy atom. The third-order valence-electron chi connectivity index (χ3n) is 4.31. The van der Waals surface area contributed by atoms with E-state index in [-0.39, 0.29) is 5.82 Å². The third kappa shape index (κ3) is 4.81. The van der Waals surface area contributed by atoms with E-state index in [0.29, 0.717) is 6.61 Å². The van der Waals surface area contributed by atoms with Crippen molar-refractivity contribution in [2.24, 2.45) is 0 Å². The molecule has 3 nitrogen and oxygen atoms in total. The second-order valence-electron chi connectivity index (χ2n) is 6.20. The Kier molecular flexibility index (Phi) is 6.58. The van der Waals surface area contributed by atoms with Gasteiger partial charge in [0.1, 0.15) is 18.2 Å². The summed E-state index contributed by atoms with van der Waals surface area (Å²) < 4.78 is 24.2. The Morgan fingerprint density at radius 3 is 2.58 bits per heavy atom. The number of hydrogen-bond donors (Lipinski definition) is 1. The quantitative estimate of drug-likeness (QED) is 0.567. The second-order valence-corrected chi connectivity index (χ2v) is 6.20. The monoisotopic (exact) mass is 353 g/mol. The summed E-state index contributed by atoms with van der Waals surface area (Å²) in [5, 5.41) is 5.84. The summed E-state index contributed by atoms with van der Waals surface area (Å²) in [6.07, 6.45) is 0.965. The van der Waals surface area contributed by atoms with Crippen LogP contribution in [0.2, 0.25) is 0 Å². The van der Waals surface area contributed by atoms with E-state index >= 15 is 0 Å². The Morgan fingerprint density at radius 1 is 0.962 bits per heavy atom. The zero-order valence-corrected chi connectivity index (χ0v) is 15.0. The fraction of sp³-hybridized carbons (Fsp3) is 0.273. The van der Waals surface area contributed by atoms with E-state index in [4.69, 9.17) is 9.47 Å². The maximum atomic E-state index is 13.1. The lowest BCUT2D eigenvalue weighted by Gasteiger charge is -2.15. The van der Waals surface area contributed by atoms with Crippen LogP contribution in [0.3, 0.4) is 0 Å². The SMILES string of the molecule is COCCCNCc1c(OCc2ccc(F)cc2)ccc2ccccc12. The van der Waals surface area contributed by atoms with Crippen molar-refractivity contribution in [3.05, 3.63) is 77.6 Å². The normalized spacial score (nSPS) is 11.0. The van der Waals surface area contributed by atoms with Gasteiger partial charge in [0, 0.05) is 25.8 Å². The zero-order chi connectivity index (χ0) is 18.2. The molecular weight excluding hydrogens is 329 g/mol. The van der Waals surface area contributed by atoms with Gasteiger partial charge in [-0.1, -0.05) is 42.5 Å². The average molecular weight is 353 g/mol. The molecule has 0 saturated heterocycles. The van der Waals surface area contributed by atoms with Gasteiger partial charge in [-0.2, -0.15) is 0 Å². The Labute approximate surface area is 153 Å². The van der Waals surface area contributed by atoms with Gasteiger partial charge in [0.2, 0.25) is 0 Å². The summed E-state index contributed by atoms with van der Waals surface area (Å²) in [5.74, 6) is 0.618. The largest absolute Gasteiger partial charge is 0.489 e. The van der Waals surface area contributed by atoms with Crippen LogP contribution in [0.1, 0.15) is 17.5 Å². The number of rotatable bonds is 9. The number of benzene rings is 3. The highest BCUT2D eigenvalue weighted by atomic mass is 19.1. The number of methoxy groups -OCH3 is 1. The first-order valence-electron chi connectivity index (χ1n) is 8.85. The molecule has 0 saturated carbocycles. The van der Waals surface area contributed by atoms with E-state index in [1.165, 1.54) is 22.9 Å². The van der Waals surface area contributed by atoms with E-state index in [1.807, 2.05) is 18.2 Å². The molecule has 0 spiro atoms. The van der Waals surface area contributed by atoms with Gasteiger partial charge in [0.25, 0.3) is 0 Å². The van der Waals surface area contributed by atoms with E-state index in [9.17, 15) is 4.39 Å². The molecule has 3 rings (SSSR count). The van der Waals surface area contributed by atoms with Crippen molar-refractivity contribution in [1.29, 1.82) is 0 Å². The summed E-state index contributed by atoms with van der Waals surface area (Å²) in [6.45, 7) is 2.77. The Hall–Kier alpha value is -2.43.